The molecule has 5 nitrogen and oxygen atoms in total. The van der Waals surface area contributed by atoms with E-state index in [9.17, 15) is 9.59 Å². The quantitative estimate of drug-likeness (QED) is 0.591. The molecule has 7 heteroatoms. The van der Waals surface area contributed by atoms with E-state index in [1.54, 1.807) is 0 Å². The Morgan fingerprint density at radius 3 is 1.45 bits per heavy atom. The van der Waals surface area contributed by atoms with E-state index in [-0.39, 0.29) is 0 Å². The van der Waals surface area contributed by atoms with Crippen molar-refractivity contribution in [3.8, 4) is 0 Å². The zero-order chi connectivity index (χ0) is 9.12. The maximum absolute atomic E-state index is 9.31. The van der Waals surface area contributed by atoms with Crippen molar-refractivity contribution in [2.75, 3.05) is 14.2 Å². The summed E-state index contributed by atoms with van der Waals surface area (Å²) in [5, 5.41) is 0. The molecular formula is C4H14O5Si2. The van der Waals surface area contributed by atoms with Gasteiger partial charge < -0.3 is 22.6 Å². The zero-order valence-corrected chi connectivity index (χ0v) is 9.12. The lowest BCUT2D eigenvalue weighted by Gasteiger charge is -2.25. The molecule has 0 aromatic rings. The lowest BCUT2D eigenvalue weighted by molar-refractivity contribution is 0.0612. The summed E-state index contributed by atoms with van der Waals surface area (Å²) in [5.41, 5.74) is 0. The van der Waals surface area contributed by atoms with Crippen LogP contribution in [0.5, 0.6) is 0 Å². The minimum absolute atomic E-state index is 1.27. The van der Waals surface area contributed by atoms with Crippen LogP contribution in [0.1, 0.15) is 0 Å². The minimum atomic E-state index is -3.52. The van der Waals surface area contributed by atoms with E-state index < -0.39 is 17.6 Å². The summed E-state index contributed by atoms with van der Waals surface area (Å²) in [5.74, 6) is 0. The van der Waals surface area contributed by atoms with Crippen molar-refractivity contribution in [1.29, 1.82) is 0 Å². The van der Waals surface area contributed by atoms with Crippen LogP contribution in [0.4, 0.5) is 0 Å². The molecule has 0 atom stereocenters. The van der Waals surface area contributed by atoms with Gasteiger partial charge in [-0.15, -0.1) is 0 Å². The van der Waals surface area contributed by atoms with Gasteiger partial charge in [-0.3, -0.25) is 0 Å². The Labute approximate surface area is 68.3 Å². The third-order valence-corrected chi connectivity index (χ3v) is 4.96. The molecule has 0 spiro atoms. The maximum Gasteiger partial charge on any atom is 0.667 e. The summed E-state index contributed by atoms with van der Waals surface area (Å²) in [6.45, 7) is 3.03. The fourth-order valence-corrected chi connectivity index (χ4v) is 3.84. The van der Waals surface area contributed by atoms with Crippen molar-refractivity contribution in [2.24, 2.45) is 0 Å². The fourth-order valence-electron chi connectivity index (χ4n) is 0.482. The number of hydrogen-bond acceptors (Lipinski definition) is 5. The molecule has 0 amide bonds. The van der Waals surface area contributed by atoms with Crippen LogP contribution >= 0.6 is 0 Å². The highest BCUT2D eigenvalue weighted by atomic mass is 28.5. The Hall–Kier alpha value is 0.234. The molecule has 0 aliphatic rings. The highest BCUT2D eigenvalue weighted by Crippen LogP contribution is 2.09. The Balaban J connectivity index is 4.08. The molecule has 0 fully saturated rings. The smallest absolute Gasteiger partial charge is 0.411 e. The predicted octanol–water partition coefficient (Wildman–Crippen LogP) is -0.582. The molecule has 0 aliphatic carbocycles. The van der Waals surface area contributed by atoms with Gasteiger partial charge in [0.1, 0.15) is 0 Å². The van der Waals surface area contributed by atoms with Crippen LogP contribution in [0.3, 0.4) is 0 Å². The molecule has 0 radical (unpaired) electrons. The molecule has 0 saturated carbocycles. The number of hydrogen-bond donors (Lipinski definition) is 2. The van der Waals surface area contributed by atoms with Gasteiger partial charge in [-0.1, -0.05) is 0 Å². The maximum atomic E-state index is 9.31. The van der Waals surface area contributed by atoms with Crippen molar-refractivity contribution >= 4 is 17.6 Å². The van der Waals surface area contributed by atoms with Gasteiger partial charge in [0.15, 0.2) is 0 Å². The highest BCUT2D eigenvalue weighted by molar-refractivity contribution is 6.73. The van der Waals surface area contributed by atoms with Crippen molar-refractivity contribution < 1.29 is 22.6 Å². The van der Waals surface area contributed by atoms with E-state index in [1.165, 1.54) is 27.3 Å². The number of rotatable bonds is 4. The van der Waals surface area contributed by atoms with Gasteiger partial charge in [0, 0.05) is 14.2 Å². The average Bonchev–Trinajstić information content (AvgIpc) is 1.84. The second kappa shape index (κ2) is 3.76. The minimum Gasteiger partial charge on any atom is -0.411 e. The van der Waals surface area contributed by atoms with E-state index >= 15 is 0 Å². The zero-order valence-electron chi connectivity index (χ0n) is 7.12. The van der Waals surface area contributed by atoms with Gasteiger partial charge in [-0.25, -0.2) is 0 Å². The van der Waals surface area contributed by atoms with E-state index in [0.717, 1.165) is 0 Å². The Kier molecular flexibility index (Phi) is 3.84. The first-order chi connectivity index (χ1) is 4.83. The molecule has 0 aliphatic heterocycles. The van der Waals surface area contributed by atoms with Gasteiger partial charge in [0.25, 0.3) is 0 Å². The van der Waals surface area contributed by atoms with Crippen LogP contribution in [-0.4, -0.2) is 41.4 Å². The van der Waals surface area contributed by atoms with Gasteiger partial charge in [-0.2, -0.15) is 0 Å². The molecule has 0 aromatic heterocycles. The average molecular weight is 198 g/mol. The summed E-state index contributed by atoms with van der Waals surface area (Å²) in [7, 11) is -3.75. The van der Waals surface area contributed by atoms with Crippen LogP contribution in [0.15, 0.2) is 0 Å². The van der Waals surface area contributed by atoms with Crippen molar-refractivity contribution in [3.63, 3.8) is 0 Å². The largest absolute Gasteiger partial charge is 0.667 e. The van der Waals surface area contributed by atoms with Crippen molar-refractivity contribution in [1.82, 2.24) is 0 Å². The van der Waals surface area contributed by atoms with Gasteiger partial charge >= 0.3 is 17.6 Å². The second-order valence-electron chi connectivity index (χ2n) is 2.48. The molecule has 68 valence electrons. The third kappa shape index (κ3) is 4.64. The molecular weight excluding hydrogens is 184 g/mol. The van der Waals surface area contributed by atoms with Crippen LogP contribution in [-0.2, 0) is 13.0 Å². The topological polar surface area (TPSA) is 68.2 Å². The molecule has 0 heterocycles. The fraction of sp³-hybridized carbons (Fsp3) is 1.00. The molecule has 2 N–H and O–H groups in total. The first-order valence-electron chi connectivity index (χ1n) is 3.08. The van der Waals surface area contributed by atoms with Crippen LogP contribution < -0.4 is 0 Å². The molecule has 0 aromatic carbocycles. The molecule has 0 rings (SSSR count). The van der Waals surface area contributed by atoms with Crippen LogP contribution in [0.25, 0.3) is 0 Å². The van der Waals surface area contributed by atoms with Crippen molar-refractivity contribution in [2.45, 2.75) is 13.1 Å². The SMILES string of the molecule is CO[Si](O)(OC)O[Si](C)(C)O. The van der Waals surface area contributed by atoms with Gasteiger partial charge in [0.2, 0.25) is 0 Å². The summed E-state index contributed by atoms with van der Waals surface area (Å²) in [6, 6.07) is 0. The van der Waals surface area contributed by atoms with Crippen molar-refractivity contribution in [3.05, 3.63) is 0 Å². The lowest BCUT2D eigenvalue weighted by atomic mass is 11.8. The highest BCUT2D eigenvalue weighted by Gasteiger charge is 2.44. The summed E-state index contributed by atoms with van der Waals surface area (Å²) in [4.78, 5) is 18.6. The monoisotopic (exact) mass is 198 g/mol. The van der Waals surface area contributed by atoms with Gasteiger partial charge in [0.05, 0.1) is 0 Å². The Morgan fingerprint density at radius 2 is 1.36 bits per heavy atom. The molecule has 0 bridgehead atoms. The third-order valence-electron chi connectivity index (χ3n) is 0.895. The molecule has 0 unspecified atom stereocenters. The Morgan fingerprint density at radius 1 is 1.00 bits per heavy atom. The standard InChI is InChI=1S/C4H14O5Si2/c1-7-11(6,8-2)9-10(3,4)5/h5-6H,1-4H3. The van der Waals surface area contributed by atoms with E-state index in [1.807, 2.05) is 0 Å². The van der Waals surface area contributed by atoms with E-state index in [4.69, 9.17) is 4.12 Å². The summed E-state index contributed by atoms with van der Waals surface area (Å²) >= 11 is 0. The lowest BCUT2D eigenvalue weighted by Crippen LogP contribution is -2.52. The normalized spacial score (nSPS) is 13.6. The van der Waals surface area contributed by atoms with E-state index in [0.29, 0.717) is 0 Å². The molecule has 0 saturated heterocycles. The summed E-state index contributed by atoms with van der Waals surface area (Å²) in [6.07, 6.45) is 0. The summed E-state index contributed by atoms with van der Waals surface area (Å²) < 4.78 is 14.0. The first kappa shape index (κ1) is 11.2. The second-order valence-corrected chi connectivity index (χ2v) is 8.06. The Bertz CT molecular complexity index is 118. The van der Waals surface area contributed by atoms with Gasteiger partial charge in [-0.05, 0) is 13.1 Å². The van der Waals surface area contributed by atoms with Crippen LogP contribution in [0.2, 0.25) is 13.1 Å². The predicted molar refractivity (Wildman–Crippen MR) is 42.8 cm³/mol. The molecule has 11 heavy (non-hydrogen) atoms. The van der Waals surface area contributed by atoms with E-state index in [2.05, 4.69) is 8.85 Å². The van der Waals surface area contributed by atoms with Crippen LogP contribution in [0, 0.1) is 0 Å². The first-order valence-corrected chi connectivity index (χ1v) is 7.61.